The van der Waals surface area contributed by atoms with E-state index in [0.29, 0.717) is 0 Å². The average molecular weight is 353 g/mol. The fourth-order valence-corrected chi connectivity index (χ4v) is 2.79. The Balaban J connectivity index is 1.83. The summed E-state index contributed by atoms with van der Waals surface area (Å²) < 4.78 is 5.69. The van der Waals surface area contributed by atoms with Crippen LogP contribution in [0.25, 0.3) is 0 Å². The topological polar surface area (TPSA) is 26.3 Å². The third-order valence-corrected chi connectivity index (χ3v) is 5.00. The van der Waals surface area contributed by atoms with Gasteiger partial charge in [0, 0.05) is 12.0 Å². The van der Waals surface area contributed by atoms with Gasteiger partial charge < -0.3 is 4.74 Å². The molecule has 2 nitrogen and oxygen atoms in total. The summed E-state index contributed by atoms with van der Waals surface area (Å²) in [4.78, 5) is 11.2. The second-order valence-corrected chi connectivity index (χ2v) is 7.62. The number of hydrogen-bond acceptors (Lipinski definition) is 2. The van der Waals surface area contributed by atoms with Gasteiger partial charge in [0.25, 0.3) is 0 Å². The number of benzene rings is 1. The van der Waals surface area contributed by atoms with Crippen LogP contribution in [0.3, 0.4) is 0 Å². The Labute approximate surface area is 152 Å². The van der Waals surface area contributed by atoms with Crippen molar-refractivity contribution in [1.29, 1.82) is 0 Å². The van der Waals surface area contributed by atoms with E-state index in [4.69, 9.17) is 16.3 Å². The number of unbranched alkanes of at least 4 members (excludes halogenated alkanes) is 7. The van der Waals surface area contributed by atoms with Crippen molar-refractivity contribution in [3.63, 3.8) is 0 Å². The number of carbonyl (C=O) groups is 1. The van der Waals surface area contributed by atoms with E-state index in [9.17, 15) is 4.79 Å². The Morgan fingerprint density at radius 1 is 0.917 bits per heavy atom. The van der Waals surface area contributed by atoms with Gasteiger partial charge in [0.1, 0.15) is 0 Å². The van der Waals surface area contributed by atoms with Crippen LogP contribution < -0.4 is 0 Å². The Hall–Kier alpha value is -0.860. The van der Waals surface area contributed by atoms with Gasteiger partial charge in [0.05, 0.1) is 6.61 Å². The molecule has 0 heterocycles. The van der Waals surface area contributed by atoms with E-state index in [1.54, 1.807) is 0 Å². The Kier molecular flexibility index (Phi) is 11.0. The molecule has 1 aromatic carbocycles. The van der Waals surface area contributed by atoms with Crippen molar-refractivity contribution in [2.24, 2.45) is 5.41 Å². The van der Waals surface area contributed by atoms with E-state index in [0.717, 1.165) is 32.5 Å². The van der Waals surface area contributed by atoms with Gasteiger partial charge in [-0.2, -0.15) is 0 Å². The number of ether oxygens (including phenoxy) is 1. The van der Waals surface area contributed by atoms with E-state index < -0.39 is 0 Å². The second-order valence-electron chi connectivity index (χ2n) is 7.27. The van der Waals surface area contributed by atoms with Crippen LogP contribution in [0.4, 0.5) is 0 Å². The molecule has 0 aromatic heterocycles. The smallest absolute Gasteiger partial charge is 0.227 e. The Morgan fingerprint density at radius 3 is 2.04 bits per heavy atom. The summed E-state index contributed by atoms with van der Waals surface area (Å²) in [5.74, 6) is 0. The van der Waals surface area contributed by atoms with Gasteiger partial charge in [-0.15, -0.1) is 0 Å². The monoisotopic (exact) mass is 352 g/mol. The van der Waals surface area contributed by atoms with Gasteiger partial charge in [0.2, 0.25) is 5.24 Å². The molecular formula is C21H33ClO2. The fraction of sp³-hybridized carbons (Fsp3) is 0.667. The highest BCUT2D eigenvalue weighted by molar-refractivity contribution is 6.64. The highest BCUT2D eigenvalue weighted by Gasteiger charge is 2.24. The van der Waals surface area contributed by atoms with Crippen LogP contribution in [0.5, 0.6) is 0 Å². The summed E-state index contributed by atoms with van der Waals surface area (Å²) in [5.41, 5.74) is 0.887. The molecule has 0 aliphatic rings. The molecule has 0 aliphatic heterocycles. The fourth-order valence-electron chi connectivity index (χ4n) is 2.69. The number of hydrogen-bond donors (Lipinski definition) is 0. The van der Waals surface area contributed by atoms with Crippen molar-refractivity contribution in [1.82, 2.24) is 0 Å². The van der Waals surface area contributed by atoms with Gasteiger partial charge in [-0.1, -0.05) is 89.1 Å². The van der Waals surface area contributed by atoms with Crippen molar-refractivity contribution < 1.29 is 9.53 Å². The van der Waals surface area contributed by atoms with Crippen LogP contribution in [-0.4, -0.2) is 11.8 Å². The maximum absolute atomic E-state index is 11.2. The van der Waals surface area contributed by atoms with Gasteiger partial charge in [0.15, 0.2) is 0 Å². The second kappa shape index (κ2) is 12.5. The summed E-state index contributed by atoms with van der Waals surface area (Å²) in [6.45, 7) is 5.45. The largest absolute Gasteiger partial charge is 0.377 e. The molecule has 0 saturated carbocycles. The van der Waals surface area contributed by atoms with Crippen LogP contribution in [0.15, 0.2) is 30.3 Å². The van der Waals surface area contributed by atoms with Crippen molar-refractivity contribution >= 4 is 16.8 Å². The van der Waals surface area contributed by atoms with Crippen LogP contribution in [0, 0.1) is 5.41 Å². The summed E-state index contributed by atoms with van der Waals surface area (Å²) in [6.07, 6.45) is 10.7. The summed E-state index contributed by atoms with van der Waals surface area (Å²) in [5, 5.41) is -0.211. The molecule has 136 valence electrons. The molecule has 0 unspecified atom stereocenters. The molecule has 0 N–H and O–H groups in total. The minimum absolute atomic E-state index is 0.211. The van der Waals surface area contributed by atoms with Gasteiger partial charge in [-0.25, -0.2) is 0 Å². The first-order valence-corrected chi connectivity index (χ1v) is 9.72. The molecule has 0 atom stereocenters. The van der Waals surface area contributed by atoms with Crippen molar-refractivity contribution in [2.45, 2.75) is 78.2 Å². The van der Waals surface area contributed by atoms with Gasteiger partial charge >= 0.3 is 0 Å². The maximum atomic E-state index is 11.2. The molecule has 3 heteroatoms. The molecule has 0 radical (unpaired) electrons. The van der Waals surface area contributed by atoms with Crippen LogP contribution in [-0.2, 0) is 16.1 Å². The summed E-state index contributed by atoms with van der Waals surface area (Å²) in [6, 6.07) is 10.3. The van der Waals surface area contributed by atoms with Crippen molar-refractivity contribution in [2.75, 3.05) is 6.61 Å². The summed E-state index contributed by atoms with van der Waals surface area (Å²) >= 11 is 5.59. The predicted molar refractivity (Wildman–Crippen MR) is 102 cm³/mol. The molecule has 1 rings (SSSR count). The lowest BCUT2D eigenvalue weighted by Gasteiger charge is -2.18. The van der Waals surface area contributed by atoms with E-state index in [1.165, 1.54) is 44.1 Å². The third-order valence-electron chi connectivity index (χ3n) is 4.48. The minimum atomic E-state index is -0.360. The molecule has 0 saturated heterocycles. The first-order valence-electron chi connectivity index (χ1n) is 9.34. The summed E-state index contributed by atoms with van der Waals surface area (Å²) in [7, 11) is 0. The first kappa shape index (κ1) is 21.2. The van der Waals surface area contributed by atoms with E-state index in [2.05, 4.69) is 12.1 Å². The molecule has 0 aliphatic carbocycles. The highest BCUT2D eigenvalue weighted by Crippen LogP contribution is 2.26. The average Bonchev–Trinajstić information content (AvgIpc) is 2.56. The van der Waals surface area contributed by atoms with E-state index >= 15 is 0 Å². The highest BCUT2D eigenvalue weighted by atomic mass is 35.5. The van der Waals surface area contributed by atoms with Gasteiger partial charge in [-0.05, 0) is 30.0 Å². The zero-order valence-corrected chi connectivity index (χ0v) is 16.1. The Bertz CT molecular complexity index is 442. The standard InChI is InChI=1S/C21H33ClO2/c1-21(2,20(22)23)16-12-7-5-3-4-6-8-13-17-24-18-19-14-10-9-11-15-19/h9-11,14-15H,3-8,12-13,16-18H2,1-2H3. The molecule has 0 amide bonds. The lowest BCUT2D eigenvalue weighted by Crippen LogP contribution is -2.18. The van der Waals surface area contributed by atoms with Crippen LogP contribution in [0.2, 0.25) is 0 Å². The SMILES string of the molecule is CC(C)(CCCCCCCCCCOCc1ccccc1)C(=O)Cl. The van der Waals surface area contributed by atoms with Crippen LogP contribution in [0.1, 0.15) is 77.2 Å². The van der Waals surface area contributed by atoms with E-state index in [-0.39, 0.29) is 10.7 Å². The van der Waals surface area contributed by atoms with Crippen molar-refractivity contribution in [3.05, 3.63) is 35.9 Å². The minimum Gasteiger partial charge on any atom is -0.377 e. The molecule has 1 aromatic rings. The van der Waals surface area contributed by atoms with Crippen LogP contribution >= 0.6 is 11.6 Å². The maximum Gasteiger partial charge on any atom is 0.227 e. The zero-order valence-electron chi connectivity index (χ0n) is 15.4. The Morgan fingerprint density at radius 2 is 1.46 bits per heavy atom. The van der Waals surface area contributed by atoms with E-state index in [1.807, 2.05) is 32.0 Å². The first-order chi connectivity index (χ1) is 11.5. The number of rotatable bonds is 14. The molecule has 0 spiro atoms. The molecular weight excluding hydrogens is 320 g/mol. The third kappa shape index (κ3) is 10.1. The molecule has 24 heavy (non-hydrogen) atoms. The lowest BCUT2D eigenvalue weighted by atomic mass is 9.88. The number of halogens is 1. The van der Waals surface area contributed by atoms with Gasteiger partial charge in [-0.3, -0.25) is 4.79 Å². The van der Waals surface area contributed by atoms with Crippen molar-refractivity contribution in [3.8, 4) is 0 Å². The normalized spacial score (nSPS) is 11.6. The molecule has 0 bridgehead atoms. The zero-order chi connectivity index (χ0) is 17.7. The molecule has 0 fully saturated rings. The lowest BCUT2D eigenvalue weighted by molar-refractivity contribution is -0.119. The number of carbonyl (C=O) groups excluding carboxylic acids is 1. The predicted octanol–water partition coefficient (Wildman–Crippen LogP) is 6.51. The quantitative estimate of drug-likeness (QED) is 0.282.